The smallest absolute Gasteiger partial charge is 0.222 e. The molecule has 0 saturated carbocycles. The molecule has 4 atom stereocenters. The summed E-state index contributed by atoms with van der Waals surface area (Å²) in [5.41, 5.74) is 1.15. The van der Waals surface area contributed by atoms with Crippen molar-refractivity contribution in [3.8, 4) is 0 Å². The number of aromatic nitrogens is 3. The first-order valence-corrected chi connectivity index (χ1v) is 8.08. The highest BCUT2D eigenvalue weighted by Crippen LogP contribution is 2.45. The number of nitrogens with one attached hydrogen (secondary N) is 1. The van der Waals surface area contributed by atoms with E-state index in [1.54, 1.807) is 23.8 Å². The lowest BCUT2D eigenvalue weighted by molar-refractivity contribution is -0.114. The predicted molar refractivity (Wildman–Crippen MR) is 93.2 cm³/mol. The molecule has 0 spiro atoms. The van der Waals surface area contributed by atoms with Crippen molar-refractivity contribution in [3.05, 3.63) is 24.7 Å². The lowest BCUT2D eigenvalue weighted by atomic mass is 10.0. The Kier molecular flexibility index (Phi) is 4.54. The Morgan fingerprint density at radius 2 is 2.32 bits per heavy atom. The summed E-state index contributed by atoms with van der Waals surface area (Å²) < 4.78 is 7.42. The van der Waals surface area contributed by atoms with E-state index in [9.17, 15) is 15.0 Å². The monoisotopic (exact) mass is 366 g/mol. The average Bonchev–Trinajstić information content (AvgIpc) is 3.04. The van der Waals surface area contributed by atoms with Crippen molar-refractivity contribution in [1.82, 2.24) is 14.5 Å². The molecule has 25 heavy (non-hydrogen) atoms. The van der Waals surface area contributed by atoms with Gasteiger partial charge in [0, 0.05) is 18.7 Å². The zero-order valence-corrected chi connectivity index (χ0v) is 14.6. The Morgan fingerprint density at radius 1 is 1.60 bits per heavy atom. The topological polar surface area (TPSA) is 110 Å². The van der Waals surface area contributed by atoms with Gasteiger partial charge in [0.25, 0.3) is 0 Å². The van der Waals surface area contributed by atoms with E-state index >= 15 is 0 Å². The summed E-state index contributed by atoms with van der Waals surface area (Å²) >= 11 is 6.52. The Hall–Kier alpha value is -2.00. The van der Waals surface area contributed by atoms with E-state index in [1.807, 2.05) is 0 Å². The van der Waals surface area contributed by atoms with Crippen LogP contribution in [-0.2, 0) is 9.53 Å². The van der Waals surface area contributed by atoms with E-state index in [1.165, 1.54) is 13.3 Å². The van der Waals surface area contributed by atoms with E-state index in [0.717, 1.165) is 0 Å². The number of ether oxygens (including phenoxy) is 1. The number of rotatable bonds is 4. The summed E-state index contributed by atoms with van der Waals surface area (Å²) in [5.74, 6) is 0.0810. The first-order chi connectivity index (χ1) is 11.8. The number of aliphatic hydroxyl groups excluding tert-OH is 2. The van der Waals surface area contributed by atoms with Crippen LogP contribution in [0.1, 0.15) is 25.6 Å². The van der Waals surface area contributed by atoms with Crippen LogP contribution in [0.3, 0.4) is 0 Å². The minimum atomic E-state index is -1.18. The van der Waals surface area contributed by atoms with Crippen LogP contribution in [0.2, 0.25) is 0 Å². The SMILES string of the molecule is C=Cc1cn([C@@H]2O[C@H](CO)[C@@H](O)[C@@]2(C)Cl)c2ncnc(NC(C)=O)c12. The molecule has 2 aromatic rings. The van der Waals surface area contributed by atoms with Gasteiger partial charge in [-0.25, -0.2) is 9.97 Å². The molecule has 0 aromatic carbocycles. The number of hydrogen-bond acceptors (Lipinski definition) is 6. The lowest BCUT2D eigenvalue weighted by Gasteiger charge is -2.26. The molecule has 3 heterocycles. The maximum Gasteiger partial charge on any atom is 0.222 e. The Morgan fingerprint density at radius 3 is 2.88 bits per heavy atom. The number of halogens is 1. The van der Waals surface area contributed by atoms with Crippen LogP contribution < -0.4 is 5.32 Å². The maximum absolute atomic E-state index is 11.4. The van der Waals surface area contributed by atoms with Gasteiger partial charge in [-0.05, 0) is 6.92 Å². The number of fused-ring (bicyclic) bond motifs is 1. The first kappa shape index (κ1) is 17.8. The van der Waals surface area contributed by atoms with E-state index < -0.39 is 23.3 Å². The van der Waals surface area contributed by atoms with Crippen molar-refractivity contribution in [3.63, 3.8) is 0 Å². The molecule has 0 radical (unpaired) electrons. The van der Waals surface area contributed by atoms with E-state index in [4.69, 9.17) is 16.3 Å². The van der Waals surface area contributed by atoms with Crippen LogP contribution in [0, 0.1) is 0 Å². The molecule has 1 saturated heterocycles. The highest BCUT2D eigenvalue weighted by atomic mass is 35.5. The van der Waals surface area contributed by atoms with Crippen LogP contribution in [0.4, 0.5) is 5.82 Å². The maximum atomic E-state index is 11.4. The highest BCUT2D eigenvalue weighted by molar-refractivity contribution is 6.24. The number of aliphatic hydroxyl groups is 2. The molecule has 134 valence electrons. The quantitative estimate of drug-likeness (QED) is 0.703. The van der Waals surface area contributed by atoms with Gasteiger partial charge < -0.3 is 24.8 Å². The number of carbonyl (C=O) groups excluding carboxylic acids is 1. The fourth-order valence-electron chi connectivity index (χ4n) is 3.07. The molecular formula is C16H19ClN4O4. The Balaban J connectivity index is 2.18. The minimum absolute atomic E-state index is 0.266. The summed E-state index contributed by atoms with van der Waals surface area (Å²) in [6.45, 7) is 6.44. The number of anilines is 1. The summed E-state index contributed by atoms with van der Waals surface area (Å²) in [7, 11) is 0. The normalized spacial score (nSPS) is 29.1. The van der Waals surface area contributed by atoms with Crippen molar-refractivity contribution in [2.75, 3.05) is 11.9 Å². The number of hydrogen-bond donors (Lipinski definition) is 3. The van der Waals surface area contributed by atoms with Crippen molar-refractivity contribution >= 4 is 40.4 Å². The van der Waals surface area contributed by atoms with E-state index in [2.05, 4.69) is 21.9 Å². The number of amides is 1. The summed E-state index contributed by atoms with van der Waals surface area (Å²) in [4.78, 5) is 18.6. The third-order valence-corrected chi connectivity index (χ3v) is 4.71. The molecule has 0 aliphatic carbocycles. The van der Waals surface area contributed by atoms with Crippen molar-refractivity contribution in [1.29, 1.82) is 0 Å². The fourth-order valence-corrected chi connectivity index (χ4v) is 3.37. The standard InChI is InChI=1S/C16H19ClN4O4/c1-4-9-5-21(15-16(3,17)12(24)10(6-22)25-15)14-11(9)13(18-7-19-14)20-8(2)23/h4-5,7,10,12,15,22,24H,1,6H2,2-3H3,(H,18,19,20,23)/t10-,12-,15-,16-/m1/s1. The van der Waals surface area contributed by atoms with Gasteiger partial charge in [-0.3, -0.25) is 4.79 Å². The summed E-state index contributed by atoms with van der Waals surface area (Å²) in [6, 6.07) is 0. The second kappa shape index (κ2) is 6.38. The second-order valence-electron chi connectivity index (χ2n) is 6.10. The average molecular weight is 367 g/mol. The second-order valence-corrected chi connectivity index (χ2v) is 6.92. The fraction of sp³-hybridized carbons (Fsp3) is 0.438. The van der Waals surface area contributed by atoms with Crippen LogP contribution in [0.15, 0.2) is 19.1 Å². The molecule has 0 unspecified atom stereocenters. The van der Waals surface area contributed by atoms with Gasteiger partial charge in [0.1, 0.15) is 34.9 Å². The van der Waals surface area contributed by atoms with Gasteiger partial charge in [0.05, 0.1) is 12.0 Å². The zero-order valence-electron chi connectivity index (χ0n) is 13.8. The number of carbonyl (C=O) groups is 1. The molecule has 1 aliphatic rings. The van der Waals surface area contributed by atoms with Gasteiger partial charge in [-0.15, -0.1) is 11.6 Å². The van der Waals surface area contributed by atoms with Gasteiger partial charge >= 0.3 is 0 Å². The summed E-state index contributed by atoms with van der Waals surface area (Å²) in [5, 5.41) is 23.0. The Labute approximate surface area is 149 Å². The molecule has 3 rings (SSSR count). The zero-order chi connectivity index (χ0) is 18.4. The third-order valence-electron chi connectivity index (χ3n) is 4.30. The van der Waals surface area contributed by atoms with Crippen LogP contribution in [0.25, 0.3) is 17.1 Å². The van der Waals surface area contributed by atoms with Crippen LogP contribution >= 0.6 is 11.6 Å². The molecule has 1 aliphatic heterocycles. The number of nitrogens with zero attached hydrogens (tertiary/aromatic N) is 3. The van der Waals surface area contributed by atoms with Gasteiger partial charge in [-0.1, -0.05) is 12.7 Å². The molecule has 1 fully saturated rings. The molecule has 0 bridgehead atoms. The van der Waals surface area contributed by atoms with Crippen molar-refractivity contribution in [2.24, 2.45) is 0 Å². The third kappa shape index (κ3) is 2.81. The minimum Gasteiger partial charge on any atom is -0.394 e. The lowest BCUT2D eigenvalue weighted by Crippen LogP contribution is -2.39. The van der Waals surface area contributed by atoms with E-state index in [-0.39, 0.29) is 12.5 Å². The van der Waals surface area contributed by atoms with Crippen LogP contribution in [0.5, 0.6) is 0 Å². The van der Waals surface area contributed by atoms with Gasteiger partial charge in [0.2, 0.25) is 5.91 Å². The predicted octanol–water partition coefficient (Wildman–Crippen LogP) is 1.28. The molecule has 2 aromatic heterocycles. The molecule has 8 nitrogen and oxygen atoms in total. The highest BCUT2D eigenvalue weighted by Gasteiger charge is 2.53. The summed E-state index contributed by atoms with van der Waals surface area (Å²) in [6.07, 6.45) is 1.98. The van der Waals surface area contributed by atoms with E-state index in [0.29, 0.717) is 22.4 Å². The van der Waals surface area contributed by atoms with Gasteiger partial charge in [0.15, 0.2) is 6.23 Å². The molecular weight excluding hydrogens is 348 g/mol. The molecule has 3 N–H and O–H groups in total. The largest absolute Gasteiger partial charge is 0.394 e. The molecule has 1 amide bonds. The van der Waals surface area contributed by atoms with Crippen molar-refractivity contribution < 1.29 is 19.7 Å². The van der Waals surface area contributed by atoms with Crippen LogP contribution in [-0.4, -0.2) is 54.3 Å². The molecule has 9 heteroatoms. The first-order valence-electron chi connectivity index (χ1n) is 7.70. The number of alkyl halides is 1. The Bertz CT molecular complexity index is 835. The van der Waals surface area contributed by atoms with Crippen molar-refractivity contribution in [2.45, 2.75) is 37.2 Å². The van der Waals surface area contributed by atoms with Gasteiger partial charge in [-0.2, -0.15) is 0 Å².